The largest absolute Gasteiger partial charge is 0.320 e. The minimum atomic E-state index is 0.767. The van der Waals surface area contributed by atoms with Crippen molar-refractivity contribution in [3.63, 3.8) is 0 Å². The number of hydrogen-bond acceptors (Lipinski definition) is 2. The van der Waals surface area contributed by atoms with Gasteiger partial charge in [-0.05, 0) is 75.6 Å². The van der Waals surface area contributed by atoms with Crippen molar-refractivity contribution in [2.45, 2.75) is 25.8 Å². The van der Waals surface area contributed by atoms with Crippen LogP contribution in [0.15, 0.2) is 18.2 Å². The smallest absolute Gasteiger partial charge is 0.0452 e. The number of halogens is 2. The van der Waals surface area contributed by atoms with Gasteiger partial charge in [0.05, 0.1) is 0 Å². The Balaban J connectivity index is 1.83. The monoisotopic (exact) mass is 300 g/mol. The van der Waals surface area contributed by atoms with Gasteiger partial charge in [-0.3, -0.25) is 4.90 Å². The lowest BCUT2D eigenvalue weighted by atomic mass is 9.93. The average molecular weight is 301 g/mol. The molecule has 4 heteroatoms. The second kappa shape index (κ2) is 7.49. The van der Waals surface area contributed by atoms with Gasteiger partial charge in [0.25, 0.3) is 0 Å². The van der Waals surface area contributed by atoms with E-state index in [9.17, 15) is 0 Å². The first kappa shape index (κ1) is 15.1. The highest BCUT2D eigenvalue weighted by Gasteiger charge is 2.19. The van der Waals surface area contributed by atoms with Gasteiger partial charge in [0, 0.05) is 16.6 Å². The van der Waals surface area contributed by atoms with Gasteiger partial charge >= 0.3 is 0 Å². The molecule has 2 nitrogen and oxygen atoms in total. The third-order valence-corrected chi connectivity index (χ3v) is 4.52. The Kier molecular flexibility index (Phi) is 5.96. The molecule has 0 spiro atoms. The molecule has 0 atom stereocenters. The molecule has 0 bridgehead atoms. The number of nitrogens with one attached hydrogen (secondary N) is 1. The molecule has 0 unspecified atom stereocenters. The molecule has 0 radical (unpaired) electrons. The molecule has 1 N–H and O–H groups in total. The molecule has 1 fully saturated rings. The first-order valence-corrected chi connectivity index (χ1v) is 7.75. The molecule has 2 rings (SSSR count). The Bertz CT molecular complexity index is 401. The van der Waals surface area contributed by atoms with Crippen LogP contribution in [0.25, 0.3) is 0 Å². The van der Waals surface area contributed by atoms with Crippen molar-refractivity contribution in [1.82, 2.24) is 10.2 Å². The molecule has 1 aliphatic rings. The maximum absolute atomic E-state index is 6.22. The summed E-state index contributed by atoms with van der Waals surface area (Å²) >= 11 is 12.2. The van der Waals surface area contributed by atoms with Crippen LogP contribution in [-0.2, 0) is 6.54 Å². The molecule has 0 saturated carbocycles. The summed E-state index contributed by atoms with van der Waals surface area (Å²) in [6, 6.07) is 5.72. The van der Waals surface area contributed by atoms with Gasteiger partial charge in [0.1, 0.15) is 0 Å². The average Bonchev–Trinajstić information content (AvgIpc) is 2.42. The summed E-state index contributed by atoms with van der Waals surface area (Å²) in [6.07, 6.45) is 3.88. The molecule has 0 amide bonds. The second-order valence-corrected chi connectivity index (χ2v) is 6.19. The maximum Gasteiger partial charge on any atom is 0.0452 e. The van der Waals surface area contributed by atoms with Crippen LogP contribution in [0.1, 0.15) is 24.8 Å². The summed E-state index contributed by atoms with van der Waals surface area (Å²) in [5.74, 6) is 0.874. The normalized spacial score (nSPS) is 17.8. The van der Waals surface area contributed by atoms with Crippen molar-refractivity contribution >= 4 is 23.2 Å². The highest BCUT2D eigenvalue weighted by Crippen LogP contribution is 2.25. The van der Waals surface area contributed by atoms with Gasteiger partial charge in [-0.25, -0.2) is 0 Å². The summed E-state index contributed by atoms with van der Waals surface area (Å²) in [6.45, 7) is 4.37. The van der Waals surface area contributed by atoms with Crippen LogP contribution >= 0.6 is 23.2 Å². The van der Waals surface area contributed by atoms with E-state index in [-0.39, 0.29) is 0 Å². The summed E-state index contributed by atoms with van der Waals surface area (Å²) < 4.78 is 0. The van der Waals surface area contributed by atoms with Crippen LogP contribution < -0.4 is 5.32 Å². The number of hydrogen-bond donors (Lipinski definition) is 1. The minimum absolute atomic E-state index is 0.767. The molecule has 1 heterocycles. The van der Waals surface area contributed by atoms with Gasteiger partial charge in [-0.1, -0.05) is 23.2 Å². The van der Waals surface area contributed by atoms with E-state index in [1.807, 2.05) is 25.2 Å². The highest BCUT2D eigenvalue weighted by atomic mass is 35.5. The quantitative estimate of drug-likeness (QED) is 0.889. The Morgan fingerprint density at radius 1 is 1.26 bits per heavy atom. The zero-order valence-electron chi connectivity index (χ0n) is 11.5. The third kappa shape index (κ3) is 4.64. The van der Waals surface area contributed by atoms with Crippen molar-refractivity contribution in [1.29, 1.82) is 0 Å². The lowest BCUT2D eigenvalue weighted by Gasteiger charge is -2.32. The number of nitrogens with zero attached hydrogens (tertiary/aromatic N) is 1. The van der Waals surface area contributed by atoms with E-state index in [2.05, 4.69) is 10.2 Å². The lowest BCUT2D eigenvalue weighted by Crippen LogP contribution is -2.34. The molecule has 0 aliphatic carbocycles. The fourth-order valence-electron chi connectivity index (χ4n) is 2.69. The van der Waals surface area contributed by atoms with Gasteiger partial charge in [0.2, 0.25) is 0 Å². The molecule has 1 aromatic carbocycles. The zero-order chi connectivity index (χ0) is 13.7. The first-order valence-electron chi connectivity index (χ1n) is 7.00. The van der Waals surface area contributed by atoms with Crippen LogP contribution in [0, 0.1) is 5.92 Å². The Morgan fingerprint density at radius 3 is 2.68 bits per heavy atom. The molecule has 106 valence electrons. The predicted octanol–water partition coefficient (Wildman–Crippen LogP) is 3.81. The SMILES string of the molecule is CNCCC1CCN(Cc2cc(Cl)ccc2Cl)CC1. The van der Waals surface area contributed by atoms with E-state index in [4.69, 9.17) is 23.2 Å². The summed E-state index contributed by atoms with van der Waals surface area (Å²) in [4.78, 5) is 2.48. The molecule has 0 aromatic heterocycles. The first-order chi connectivity index (χ1) is 9.19. The Labute approximate surface area is 126 Å². The van der Waals surface area contributed by atoms with Crippen molar-refractivity contribution < 1.29 is 0 Å². The minimum Gasteiger partial charge on any atom is -0.320 e. The zero-order valence-corrected chi connectivity index (χ0v) is 13.0. The van der Waals surface area contributed by atoms with Gasteiger partial charge in [-0.15, -0.1) is 0 Å². The van der Waals surface area contributed by atoms with Crippen molar-refractivity contribution in [3.05, 3.63) is 33.8 Å². The van der Waals surface area contributed by atoms with E-state index in [1.54, 1.807) is 0 Å². The van der Waals surface area contributed by atoms with E-state index < -0.39 is 0 Å². The van der Waals surface area contributed by atoms with Crippen LogP contribution in [0.5, 0.6) is 0 Å². The molecule has 1 saturated heterocycles. The van der Waals surface area contributed by atoms with Crippen molar-refractivity contribution in [3.8, 4) is 0 Å². The number of benzene rings is 1. The topological polar surface area (TPSA) is 15.3 Å². The van der Waals surface area contributed by atoms with Gasteiger partial charge in [-0.2, -0.15) is 0 Å². The van der Waals surface area contributed by atoms with Crippen LogP contribution in [0.4, 0.5) is 0 Å². The number of rotatable bonds is 5. The summed E-state index contributed by atoms with van der Waals surface area (Å²) in [7, 11) is 2.02. The Morgan fingerprint density at radius 2 is 2.00 bits per heavy atom. The van der Waals surface area contributed by atoms with Gasteiger partial charge in [0.15, 0.2) is 0 Å². The van der Waals surface area contributed by atoms with Crippen molar-refractivity contribution in [2.75, 3.05) is 26.7 Å². The number of piperidine rings is 1. The standard InChI is InChI=1S/C15H22Cl2N2/c1-18-7-4-12-5-8-19(9-6-12)11-13-10-14(16)2-3-15(13)17/h2-3,10,12,18H,4-9,11H2,1H3. The predicted molar refractivity (Wildman–Crippen MR) is 83.0 cm³/mol. The third-order valence-electron chi connectivity index (χ3n) is 3.91. The van der Waals surface area contributed by atoms with Crippen LogP contribution in [-0.4, -0.2) is 31.6 Å². The molecule has 1 aromatic rings. The van der Waals surface area contributed by atoms with Crippen LogP contribution in [0.3, 0.4) is 0 Å². The number of likely N-dealkylation sites (tertiary alicyclic amines) is 1. The lowest BCUT2D eigenvalue weighted by molar-refractivity contribution is 0.172. The molecular formula is C15H22Cl2N2. The summed E-state index contributed by atoms with van der Waals surface area (Å²) in [5.41, 5.74) is 1.14. The highest BCUT2D eigenvalue weighted by molar-refractivity contribution is 6.33. The van der Waals surface area contributed by atoms with E-state index >= 15 is 0 Å². The summed E-state index contributed by atoms with van der Waals surface area (Å²) in [5, 5.41) is 4.82. The molecular weight excluding hydrogens is 279 g/mol. The van der Waals surface area contributed by atoms with Crippen LogP contribution in [0.2, 0.25) is 10.0 Å². The Hall–Kier alpha value is -0.280. The maximum atomic E-state index is 6.22. The van der Waals surface area contributed by atoms with E-state index in [1.165, 1.54) is 19.3 Å². The van der Waals surface area contributed by atoms with Gasteiger partial charge < -0.3 is 5.32 Å². The molecule has 1 aliphatic heterocycles. The molecule has 19 heavy (non-hydrogen) atoms. The fourth-order valence-corrected chi connectivity index (χ4v) is 3.06. The second-order valence-electron chi connectivity index (χ2n) is 5.35. The van der Waals surface area contributed by atoms with Crippen molar-refractivity contribution in [2.24, 2.45) is 5.92 Å². The van der Waals surface area contributed by atoms with E-state index in [0.717, 1.165) is 47.7 Å². The van der Waals surface area contributed by atoms with E-state index in [0.29, 0.717) is 0 Å². The fraction of sp³-hybridized carbons (Fsp3) is 0.600.